The number of anilines is 1. The fraction of sp³-hybridized carbons (Fsp3) is 0.154. The fourth-order valence-corrected chi connectivity index (χ4v) is 3.45. The molecule has 0 radical (unpaired) electrons. The lowest BCUT2D eigenvalue weighted by molar-refractivity contribution is 0.0933. The zero-order valence-corrected chi connectivity index (χ0v) is 22.0. The Bertz CT molecular complexity index is 1250. The summed E-state index contributed by atoms with van der Waals surface area (Å²) in [4.78, 5) is 37.4. The second kappa shape index (κ2) is 12.8. The summed E-state index contributed by atoms with van der Waals surface area (Å²) in [5.74, 6) is -0.498. The van der Waals surface area contributed by atoms with Crippen molar-refractivity contribution in [1.82, 2.24) is 16.2 Å². The van der Waals surface area contributed by atoms with Gasteiger partial charge in [0.05, 0.1) is 12.2 Å². The van der Waals surface area contributed by atoms with E-state index in [2.05, 4.69) is 37.4 Å². The lowest BCUT2D eigenvalue weighted by Crippen LogP contribution is -2.48. The van der Waals surface area contributed by atoms with E-state index in [9.17, 15) is 14.4 Å². The Morgan fingerprint density at radius 2 is 1.53 bits per heavy atom. The van der Waals surface area contributed by atoms with E-state index in [0.29, 0.717) is 39.2 Å². The summed E-state index contributed by atoms with van der Waals surface area (Å²) in [5, 5.41) is 5.20. The van der Waals surface area contributed by atoms with Crippen LogP contribution < -0.4 is 26.2 Å². The molecule has 10 heteroatoms. The van der Waals surface area contributed by atoms with E-state index in [1.807, 2.05) is 19.9 Å². The number of carbonyl (C=O) groups is 3. The number of hydrogen-bond acceptors (Lipinski definition) is 5. The van der Waals surface area contributed by atoms with Crippen LogP contribution in [0, 0.1) is 5.92 Å². The third-order valence-electron chi connectivity index (χ3n) is 4.72. The largest absolute Gasteiger partial charge is 0.492 e. The summed E-state index contributed by atoms with van der Waals surface area (Å²) in [5.41, 5.74) is 6.64. The molecule has 3 aromatic carbocycles. The van der Waals surface area contributed by atoms with Crippen molar-refractivity contribution in [1.29, 1.82) is 0 Å². The number of nitrogens with one attached hydrogen (secondary N) is 4. The molecule has 0 bridgehead atoms. The molecule has 0 unspecified atom stereocenters. The smallest absolute Gasteiger partial charge is 0.269 e. The van der Waals surface area contributed by atoms with E-state index >= 15 is 0 Å². The van der Waals surface area contributed by atoms with Crippen molar-refractivity contribution in [2.24, 2.45) is 5.92 Å². The lowest BCUT2D eigenvalue weighted by atomic mass is 10.1. The Labute approximate surface area is 222 Å². The van der Waals surface area contributed by atoms with Crippen LogP contribution in [0.4, 0.5) is 5.69 Å². The molecule has 3 aromatic rings. The van der Waals surface area contributed by atoms with Crippen molar-refractivity contribution in [3.63, 3.8) is 0 Å². The van der Waals surface area contributed by atoms with Crippen molar-refractivity contribution in [3.05, 3.63) is 94.0 Å². The molecule has 0 saturated carbocycles. The minimum atomic E-state index is -0.486. The predicted molar refractivity (Wildman–Crippen MR) is 146 cm³/mol. The molecule has 0 saturated heterocycles. The number of halogens is 1. The molecule has 0 aromatic heterocycles. The number of amides is 3. The first kappa shape index (κ1) is 26.8. The van der Waals surface area contributed by atoms with Gasteiger partial charge in [0.25, 0.3) is 17.7 Å². The van der Waals surface area contributed by atoms with Crippen molar-refractivity contribution >= 4 is 56.7 Å². The van der Waals surface area contributed by atoms with Gasteiger partial charge in [0.2, 0.25) is 0 Å². The Morgan fingerprint density at radius 1 is 0.861 bits per heavy atom. The van der Waals surface area contributed by atoms with E-state index in [1.165, 1.54) is 0 Å². The van der Waals surface area contributed by atoms with E-state index in [0.717, 1.165) is 0 Å². The molecule has 186 valence electrons. The molecule has 0 aliphatic heterocycles. The monoisotopic (exact) mass is 568 g/mol. The number of hydrazine groups is 1. The molecule has 0 atom stereocenters. The normalized spacial score (nSPS) is 10.3. The first-order valence-corrected chi connectivity index (χ1v) is 12.2. The molecule has 3 rings (SSSR count). The second-order valence-corrected chi connectivity index (χ2v) is 9.43. The van der Waals surface area contributed by atoms with E-state index < -0.39 is 11.8 Å². The molecule has 0 heterocycles. The summed E-state index contributed by atoms with van der Waals surface area (Å²) in [6, 6.07) is 20.2. The van der Waals surface area contributed by atoms with Crippen molar-refractivity contribution < 1.29 is 19.1 Å². The topological polar surface area (TPSA) is 109 Å². The van der Waals surface area contributed by atoms with Crippen LogP contribution in [0.2, 0.25) is 0 Å². The summed E-state index contributed by atoms with van der Waals surface area (Å²) < 4.78 is 6.44. The van der Waals surface area contributed by atoms with Crippen LogP contribution in [0.1, 0.15) is 44.9 Å². The van der Waals surface area contributed by atoms with Crippen molar-refractivity contribution in [2.45, 2.75) is 13.8 Å². The van der Waals surface area contributed by atoms with Crippen LogP contribution in [-0.4, -0.2) is 29.4 Å². The van der Waals surface area contributed by atoms with Gasteiger partial charge in [-0.2, -0.15) is 0 Å². The first-order valence-electron chi connectivity index (χ1n) is 11.0. The predicted octanol–water partition coefficient (Wildman–Crippen LogP) is 4.69. The molecule has 8 nitrogen and oxygen atoms in total. The van der Waals surface area contributed by atoms with Gasteiger partial charge in [0, 0.05) is 21.3 Å². The number of rotatable bonds is 7. The molecule has 0 fully saturated rings. The van der Waals surface area contributed by atoms with Crippen LogP contribution in [-0.2, 0) is 0 Å². The van der Waals surface area contributed by atoms with Gasteiger partial charge in [-0.1, -0.05) is 48.0 Å². The van der Waals surface area contributed by atoms with Gasteiger partial charge in [-0.25, -0.2) is 0 Å². The minimum Gasteiger partial charge on any atom is -0.492 e. The summed E-state index contributed by atoms with van der Waals surface area (Å²) in [6.07, 6.45) is 0. The second-order valence-electron chi connectivity index (χ2n) is 8.11. The number of ether oxygens (including phenoxy) is 1. The first-order chi connectivity index (χ1) is 17.2. The van der Waals surface area contributed by atoms with Crippen LogP contribution in [0.5, 0.6) is 5.75 Å². The van der Waals surface area contributed by atoms with Crippen LogP contribution >= 0.6 is 28.1 Å². The number of thiocarbonyl (C=S) groups is 1. The summed E-state index contributed by atoms with van der Waals surface area (Å²) in [7, 11) is 0. The maximum Gasteiger partial charge on any atom is 0.269 e. The number of hydrogen-bond donors (Lipinski definition) is 4. The zero-order chi connectivity index (χ0) is 26.1. The van der Waals surface area contributed by atoms with Gasteiger partial charge < -0.3 is 10.1 Å². The highest BCUT2D eigenvalue weighted by Crippen LogP contribution is 2.24. The molecule has 36 heavy (non-hydrogen) atoms. The molecule has 4 N–H and O–H groups in total. The van der Waals surface area contributed by atoms with Gasteiger partial charge in [-0.15, -0.1) is 0 Å². The molecule has 0 aliphatic carbocycles. The van der Waals surface area contributed by atoms with Gasteiger partial charge in [0.1, 0.15) is 5.75 Å². The summed E-state index contributed by atoms with van der Waals surface area (Å²) >= 11 is 8.49. The quantitative estimate of drug-likeness (QED) is 0.243. The van der Waals surface area contributed by atoms with Crippen LogP contribution in [0.3, 0.4) is 0 Å². The van der Waals surface area contributed by atoms with Crippen molar-refractivity contribution in [2.75, 3.05) is 11.9 Å². The van der Waals surface area contributed by atoms with Gasteiger partial charge >= 0.3 is 0 Å². The number of benzene rings is 3. The highest BCUT2D eigenvalue weighted by Gasteiger charge is 2.16. The standard InChI is InChI=1S/C26H25BrN4O4S/c1-16(2)15-35-22-13-10-19(27)14-21(22)25(34)29-26(36)31-30-24(33)18-8-11-20(12-9-18)28-23(32)17-6-4-3-5-7-17/h3-14,16H,15H2,1-2H3,(H,28,32)(H,30,33)(H2,29,31,34,36). The molecule has 3 amide bonds. The van der Waals surface area contributed by atoms with Gasteiger partial charge in [-0.05, 0) is 72.7 Å². The Hall–Kier alpha value is -3.76. The van der Waals surface area contributed by atoms with Gasteiger partial charge in [0.15, 0.2) is 5.11 Å². The van der Waals surface area contributed by atoms with Crippen LogP contribution in [0.25, 0.3) is 0 Å². The molecule has 0 spiro atoms. The lowest BCUT2D eigenvalue weighted by Gasteiger charge is -2.15. The van der Waals surface area contributed by atoms with E-state index in [1.54, 1.807) is 66.7 Å². The highest BCUT2D eigenvalue weighted by atomic mass is 79.9. The molecule has 0 aliphatic rings. The zero-order valence-electron chi connectivity index (χ0n) is 19.6. The Kier molecular flexibility index (Phi) is 9.54. The highest BCUT2D eigenvalue weighted by molar-refractivity contribution is 9.10. The van der Waals surface area contributed by atoms with Crippen LogP contribution in [0.15, 0.2) is 77.3 Å². The fourth-order valence-electron chi connectivity index (χ4n) is 2.95. The Balaban J connectivity index is 1.52. The van der Waals surface area contributed by atoms with E-state index in [4.69, 9.17) is 17.0 Å². The average molecular weight is 569 g/mol. The van der Waals surface area contributed by atoms with Gasteiger partial charge in [-0.3, -0.25) is 30.6 Å². The maximum absolute atomic E-state index is 12.7. The summed E-state index contributed by atoms with van der Waals surface area (Å²) in [6.45, 7) is 4.47. The maximum atomic E-state index is 12.7. The number of carbonyl (C=O) groups excluding carboxylic acids is 3. The third kappa shape index (κ3) is 7.89. The van der Waals surface area contributed by atoms with E-state index in [-0.39, 0.29) is 16.9 Å². The third-order valence-corrected chi connectivity index (χ3v) is 5.41. The van der Waals surface area contributed by atoms with Crippen molar-refractivity contribution in [3.8, 4) is 5.75 Å². The Morgan fingerprint density at radius 3 is 2.19 bits per heavy atom. The molecular weight excluding hydrogens is 544 g/mol. The average Bonchev–Trinajstić information content (AvgIpc) is 2.87. The molecular formula is C26H25BrN4O4S. The minimum absolute atomic E-state index is 0.0881. The SMILES string of the molecule is CC(C)COc1ccc(Br)cc1C(=O)NC(=S)NNC(=O)c1ccc(NC(=O)c2ccccc2)cc1.